The Morgan fingerprint density at radius 1 is 1.67 bits per heavy atom. The van der Waals surface area contributed by atoms with Crippen molar-refractivity contribution in [3.63, 3.8) is 0 Å². The number of nitrogens with two attached hydrogens (primary N) is 1. The Hall–Kier alpha value is -1.08. The third kappa shape index (κ3) is 5.69. The standard InChI is InChI=1S/C8H15N3O/c1-8(2,6-7(10)12)11-5-3-4-9/h11H,3,5-6H2,1-2H3,(H2,10,12). The summed E-state index contributed by atoms with van der Waals surface area (Å²) in [5.41, 5.74) is 4.74. The molecule has 3 N–H and O–H groups in total. The van der Waals surface area contributed by atoms with Crippen molar-refractivity contribution in [3.8, 4) is 6.07 Å². The lowest BCUT2D eigenvalue weighted by molar-refractivity contribution is -0.119. The molecule has 0 aliphatic heterocycles. The summed E-state index contributed by atoms with van der Waals surface area (Å²) in [6, 6.07) is 2.01. The molecule has 0 saturated heterocycles. The van der Waals surface area contributed by atoms with Crippen LogP contribution in [-0.2, 0) is 4.79 Å². The number of primary amides is 1. The average Bonchev–Trinajstić information content (AvgIpc) is 1.84. The van der Waals surface area contributed by atoms with Gasteiger partial charge in [-0.15, -0.1) is 0 Å². The number of nitrogens with one attached hydrogen (secondary N) is 1. The second kappa shape index (κ2) is 4.73. The monoisotopic (exact) mass is 169 g/mol. The van der Waals surface area contributed by atoms with E-state index in [1.165, 1.54) is 0 Å². The largest absolute Gasteiger partial charge is 0.370 e. The van der Waals surface area contributed by atoms with E-state index in [0.717, 1.165) is 0 Å². The van der Waals surface area contributed by atoms with Crippen molar-refractivity contribution in [2.75, 3.05) is 6.54 Å². The smallest absolute Gasteiger partial charge is 0.219 e. The maximum absolute atomic E-state index is 10.6. The molecule has 0 heterocycles. The molecule has 4 heteroatoms. The van der Waals surface area contributed by atoms with Gasteiger partial charge in [0.15, 0.2) is 0 Å². The van der Waals surface area contributed by atoms with Crippen LogP contribution in [0.5, 0.6) is 0 Å². The highest BCUT2D eigenvalue weighted by molar-refractivity contribution is 5.74. The first-order valence-corrected chi connectivity index (χ1v) is 3.88. The zero-order valence-electron chi connectivity index (χ0n) is 7.55. The fourth-order valence-corrected chi connectivity index (χ4v) is 0.955. The van der Waals surface area contributed by atoms with E-state index in [-0.39, 0.29) is 11.4 Å². The Kier molecular flexibility index (Phi) is 4.30. The van der Waals surface area contributed by atoms with Gasteiger partial charge >= 0.3 is 0 Å². The Morgan fingerprint density at radius 2 is 2.25 bits per heavy atom. The van der Waals surface area contributed by atoms with E-state index in [2.05, 4.69) is 5.32 Å². The molecule has 0 spiro atoms. The maximum atomic E-state index is 10.6. The van der Waals surface area contributed by atoms with E-state index in [4.69, 9.17) is 11.0 Å². The van der Waals surface area contributed by atoms with Gasteiger partial charge in [0.2, 0.25) is 5.91 Å². The first kappa shape index (κ1) is 10.9. The summed E-state index contributed by atoms with van der Waals surface area (Å²) in [7, 11) is 0. The van der Waals surface area contributed by atoms with Crippen molar-refractivity contribution in [2.24, 2.45) is 5.73 Å². The van der Waals surface area contributed by atoms with Crippen molar-refractivity contribution < 1.29 is 4.79 Å². The molecule has 68 valence electrons. The van der Waals surface area contributed by atoms with Crippen molar-refractivity contribution >= 4 is 5.91 Å². The maximum Gasteiger partial charge on any atom is 0.219 e. The number of nitrogens with zero attached hydrogens (tertiary/aromatic N) is 1. The van der Waals surface area contributed by atoms with Gasteiger partial charge in [-0.2, -0.15) is 5.26 Å². The van der Waals surface area contributed by atoms with Crippen LogP contribution in [0.2, 0.25) is 0 Å². The summed E-state index contributed by atoms with van der Waals surface area (Å²) in [4.78, 5) is 10.6. The quantitative estimate of drug-likeness (QED) is 0.575. The third-order valence-electron chi connectivity index (χ3n) is 1.46. The third-order valence-corrected chi connectivity index (χ3v) is 1.46. The lowest BCUT2D eigenvalue weighted by Crippen LogP contribution is -2.43. The zero-order valence-corrected chi connectivity index (χ0v) is 7.55. The minimum absolute atomic E-state index is 0.290. The molecule has 0 rings (SSSR count). The predicted octanol–water partition coefficient (Wildman–Crippen LogP) is 0.144. The molecule has 0 atom stereocenters. The highest BCUT2D eigenvalue weighted by atomic mass is 16.1. The molecule has 0 aromatic carbocycles. The fourth-order valence-electron chi connectivity index (χ4n) is 0.955. The molecule has 4 nitrogen and oxygen atoms in total. The summed E-state index contributed by atoms with van der Waals surface area (Å²) in [6.45, 7) is 4.36. The molecule has 12 heavy (non-hydrogen) atoms. The first-order chi connectivity index (χ1) is 5.48. The Balaban J connectivity index is 3.72. The minimum Gasteiger partial charge on any atom is -0.370 e. The highest BCUT2D eigenvalue weighted by Gasteiger charge is 2.18. The van der Waals surface area contributed by atoms with E-state index in [1.807, 2.05) is 19.9 Å². The molecular weight excluding hydrogens is 154 g/mol. The van der Waals surface area contributed by atoms with Crippen molar-refractivity contribution in [3.05, 3.63) is 0 Å². The molecule has 1 amide bonds. The highest BCUT2D eigenvalue weighted by Crippen LogP contribution is 2.06. The van der Waals surface area contributed by atoms with Gasteiger partial charge in [0.05, 0.1) is 6.07 Å². The number of rotatable bonds is 5. The molecule has 0 saturated carbocycles. The molecule has 0 radical (unpaired) electrons. The predicted molar refractivity (Wildman–Crippen MR) is 46.1 cm³/mol. The number of nitriles is 1. The van der Waals surface area contributed by atoms with Crippen LogP contribution in [0.1, 0.15) is 26.7 Å². The summed E-state index contributed by atoms with van der Waals surface area (Å²) in [6.07, 6.45) is 0.737. The SMILES string of the molecule is CC(C)(CC(N)=O)NCCC#N. The van der Waals surface area contributed by atoms with E-state index in [9.17, 15) is 4.79 Å². The number of carbonyl (C=O) groups is 1. The van der Waals surface area contributed by atoms with Crippen LogP contribution in [0.15, 0.2) is 0 Å². The van der Waals surface area contributed by atoms with E-state index < -0.39 is 0 Å². The van der Waals surface area contributed by atoms with Crippen molar-refractivity contribution in [1.82, 2.24) is 5.32 Å². The lowest BCUT2D eigenvalue weighted by atomic mass is 10.0. The summed E-state index contributed by atoms with van der Waals surface area (Å²) < 4.78 is 0. The normalized spacial score (nSPS) is 10.8. The van der Waals surface area contributed by atoms with Crippen molar-refractivity contribution in [2.45, 2.75) is 32.2 Å². The summed E-state index contributed by atoms with van der Waals surface area (Å²) in [5.74, 6) is -0.329. The van der Waals surface area contributed by atoms with Crippen molar-refractivity contribution in [1.29, 1.82) is 5.26 Å². The van der Waals surface area contributed by atoms with Gasteiger partial charge in [0, 0.05) is 24.9 Å². The van der Waals surface area contributed by atoms with Crippen LogP contribution in [0.4, 0.5) is 0 Å². The van der Waals surface area contributed by atoms with E-state index >= 15 is 0 Å². The Labute approximate surface area is 72.7 Å². The lowest BCUT2D eigenvalue weighted by Gasteiger charge is -2.23. The van der Waals surface area contributed by atoms with Gasteiger partial charge in [-0.05, 0) is 13.8 Å². The van der Waals surface area contributed by atoms with Gasteiger partial charge in [-0.25, -0.2) is 0 Å². The Bertz CT molecular complexity index is 193. The topological polar surface area (TPSA) is 78.9 Å². The van der Waals surface area contributed by atoms with E-state index in [0.29, 0.717) is 19.4 Å². The van der Waals surface area contributed by atoms with Gasteiger partial charge in [0.25, 0.3) is 0 Å². The number of carbonyl (C=O) groups excluding carboxylic acids is 1. The van der Waals surface area contributed by atoms with Crippen LogP contribution in [0.25, 0.3) is 0 Å². The number of amides is 1. The van der Waals surface area contributed by atoms with Crippen LogP contribution >= 0.6 is 0 Å². The molecule has 0 unspecified atom stereocenters. The molecule has 0 fully saturated rings. The van der Waals surface area contributed by atoms with Gasteiger partial charge < -0.3 is 11.1 Å². The molecule has 0 aliphatic rings. The summed E-state index contributed by atoms with van der Waals surface area (Å²) >= 11 is 0. The van der Waals surface area contributed by atoms with E-state index in [1.54, 1.807) is 0 Å². The van der Waals surface area contributed by atoms with Gasteiger partial charge in [-0.1, -0.05) is 0 Å². The first-order valence-electron chi connectivity index (χ1n) is 3.88. The molecule has 0 aromatic rings. The minimum atomic E-state index is -0.329. The number of hydrogen-bond donors (Lipinski definition) is 2. The second-order valence-electron chi connectivity index (χ2n) is 3.36. The molecule has 0 aromatic heterocycles. The van der Waals surface area contributed by atoms with Gasteiger partial charge in [0.1, 0.15) is 0 Å². The van der Waals surface area contributed by atoms with Crippen LogP contribution < -0.4 is 11.1 Å². The molecule has 0 aliphatic carbocycles. The Morgan fingerprint density at radius 3 is 2.67 bits per heavy atom. The van der Waals surface area contributed by atoms with Crippen LogP contribution in [0.3, 0.4) is 0 Å². The number of hydrogen-bond acceptors (Lipinski definition) is 3. The zero-order chi connectivity index (χ0) is 9.61. The second-order valence-corrected chi connectivity index (χ2v) is 3.36. The summed E-state index contributed by atoms with van der Waals surface area (Å²) in [5, 5.41) is 11.3. The van der Waals surface area contributed by atoms with Gasteiger partial charge in [-0.3, -0.25) is 4.79 Å². The molecule has 0 bridgehead atoms. The average molecular weight is 169 g/mol. The van der Waals surface area contributed by atoms with Crippen LogP contribution in [-0.4, -0.2) is 18.0 Å². The molecular formula is C8H15N3O. The fraction of sp³-hybridized carbons (Fsp3) is 0.750. The van der Waals surface area contributed by atoms with Crippen LogP contribution in [0, 0.1) is 11.3 Å².